The Labute approximate surface area is 329 Å². The number of carbonyl (C=O) groups excluding carboxylic acids is 2. The van der Waals surface area contributed by atoms with E-state index in [-0.39, 0.29) is 18.5 Å². The van der Waals surface area contributed by atoms with Crippen molar-refractivity contribution in [2.24, 2.45) is 0 Å². The van der Waals surface area contributed by atoms with Crippen LogP contribution in [-0.4, -0.2) is 157 Å². The largest absolute Gasteiger partial charge is 0.491 e. The fraction of sp³-hybridized carbons (Fsp3) is 0.800. The van der Waals surface area contributed by atoms with E-state index >= 15 is 0 Å². The molecule has 0 bridgehead atoms. The lowest BCUT2D eigenvalue weighted by Crippen LogP contribution is -2.15. The molecule has 1 rings (SSSR count). The van der Waals surface area contributed by atoms with E-state index in [2.05, 4.69) is 12.2 Å². The molecule has 0 radical (unpaired) electrons. The van der Waals surface area contributed by atoms with Gasteiger partial charge in [0, 0.05) is 19.0 Å². The number of anilines is 1. The molecule has 320 valence electrons. The van der Waals surface area contributed by atoms with E-state index in [9.17, 15) is 9.59 Å². The highest BCUT2D eigenvalue weighted by atomic mass is 16.6. The Bertz CT molecular complexity index is 972. The van der Waals surface area contributed by atoms with E-state index in [4.69, 9.17) is 56.8 Å². The van der Waals surface area contributed by atoms with E-state index < -0.39 is 0 Å². The summed E-state index contributed by atoms with van der Waals surface area (Å²) in [5.74, 6) is 0.459. The SMILES string of the molecule is CCCCCCCCCC(=O)OCCOCCOCCOCCOCCOCCOCCOCCOCCOCCOCCOc1ccc(NC(C)=O)cc1. The maximum absolute atomic E-state index is 11.7. The molecule has 0 aliphatic rings. The number of ether oxygens (including phenoxy) is 12. The van der Waals surface area contributed by atoms with Crippen molar-refractivity contribution in [2.45, 2.75) is 65.2 Å². The smallest absolute Gasteiger partial charge is 0.305 e. The van der Waals surface area contributed by atoms with E-state index in [1.165, 1.54) is 39.0 Å². The Morgan fingerprint density at radius 3 is 1.13 bits per heavy atom. The highest BCUT2D eigenvalue weighted by molar-refractivity contribution is 5.88. The molecule has 0 saturated carbocycles. The monoisotopic (exact) mass is 789 g/mol. The first-order valence-electron chi connectivity index (χ1n) is 20.0. The normalized spacial score (nSPS) is 11.2. The van der Waals surface area contributed by atoms with Crippen molar-refractivity contribution in [3.05, 3.63) is 24.3 Å². The van der Waals surface area contributed by atoms with E-state index in [1.54, 1.807) is 24.3 Å². The molecule has 0 unspecified atom stereocenters. The second kappa shape index (κ2) is 41.2. The molecule has 15 heteroatoms. The van der Waals surface area contributed by atoms with Crippen LogP contribution < -0.4 is 10.1 Å². The molecule has 55 heavy (non-hydrogen) atoms. The first kappa shape index (κ1) is 50.6. The summed E-state index contributed by atoms with van der Waals surface area (Å²) in [6, 6.07) is 7.17. The lowest BCUT2D eigenvalue weighted by molar-refractivity contribution is -0.145. The lowest BCUT2D eigenvalue weighted by atomic mass is 10.1. The van der Waals surface area contributed by atoms with Crippen LogP contribution in [-0.2, 0) is 61.7 Å². The average molecular weight is 790 g/mol. The molecular formula is C40H71NO14. The Kier molecular flexibility index (Phi) is 37.9. The number of nitrogens with one attached hydrogen (secondary N) is 1. The molecule has 0 fully saturated rings. The van der Waals surface area contributed by atoms with Crippen LogP contribution in [0.2, 0.25) is 0 Å². The summed E-state index contributed by atoms with van der Waals surface area (Å²) in [5, 5.41) is 2.71. The zero-order valence-corrected chi connectivity index (χ0v) is 33.7. The molecule has 15 nitrogen and oxygen atoms in total. The Hall–Kier alpha value is -2.44. The fourth-order valence-corrected chi connectivity index (χ4v) is 4.65. The van der Waals surface area contributed by atoms with Crippen LogP contribution >= 0.6 is 0 Å². The van der Waals surface area contributed by atoms with Crippen LogP contribution in [0.4, 0.5) is 5.69 Å². The van der Waals surface area contributed by atoms with Crippen molar-refractivity contribution in [3.8, 4) is 5.75 Å². The van der Waals surface area contributed by atoms with Crippen LogP contribution in [0.3, 0.4) is 0 Å². The summed E-state index contributed by atoms with van der Waals surface area (Å²) in [6.45, 7) is 13.9. The van der Waals surface area contributed by atoms with Crippen LogP contribution in [0.15, 0.2) is 24.3 Å². The first-order chi connectivity index (χ1) is 27.1. The van der Waals surface area contributed by atoms with E-state index in [0.29, 0.717) is 151 Å². The minimum absolute atomic E-state index is 0.110. The van der Waals surface area contributed by atoms with Gasteiger partial charge in [0.1, 0.15) is 19.0 Å². The number of hydrogen-bond acceptors (Lipinski definition) is 14. The van der Waals surface area contributed by atoms with Gasteiger partial charge in [0.05, 0.1) is 132 Å². The van der Waals surface area contributed by atoms with Crippen molar-refractivity contribution < 1.29 is 66.4 Å². The standard InChI is InChI=1S/C40H71NO14/c1-3-4-5-6-7-8-9-10-40(43)55-36-34-53-32-30-51-28-26-49-24-22-47-20-18-45-16-15-44-17-19-46-21-23-48-25-27-50-29-31-52-33-35-54-39-13-11-38(12-14-39)41-37(2)42/h11-14H,3-10,15-36H2,1-2H3,(H,41,42). The zero-order chi connectivity index (χ0) is 39.5. The average Bonchev–Trinajstić information content (AvgIpc) is 3.18. The summed E-state index contributed by atoms with van der Waals surface area (Å²) in [7, 11) is 0. The van der Waals surface area contributed by atoms with Gasteiger partial charge in [0.15, 0.2) is 0 Å². The fourth-order valence-electron chi connectivity index (χ4n) is 4.65. The molecule has 1 amide bonds. The Morgan fingerprint density at radius 2 is 0.764 bits per heavy atom. The Morgan fingerprint density at radius 1 is 0.436 bits per heavy atom. The van der Waals surface area contributed by atoms with Gasteiger partial charge in [-0.1, -0.05) is 45.4 Å². The summed E-state index contributed by atoms with van der Waals surface area (Å²) in [6.07, 6.45) is 8.77. The number of hydrogen-bond donors (Lipinski definition) is 1. The first-order valence-corrected chi connectivity index (χ1v) is 20.0. The molecule has 0 atom stereocenters. The van der Waals surface area contributed by atoms with Crippen LogP contribution in [0, 0.1) is 0 Å². The maximum Gasteiger partial charge on any atom is 0.305 e. The van der Waals surface area contributed by atoms with Gasteiger partial charge in [-0.3, -0.25) is 9.59 Å². The number of carbonyl (C=O) groups is 2. The third-order valence-corrected chi connectivity index (χ3v) is 7.49. The minimum atomic E-state index is -0.145. The number of unbranched alkanes of at least 4 members (excludes halogenated alkanes) is 6. The predicted molar refractivity (Wildman–Crippen MR) is 208 cm³/mol. The van der Waals surface area contributed by atoms with Gasteiger partial charge in [-0.2, -0.15) is 0 Å². The number of benzene rings is 1. The molecule has 0 aliphatic heterocycles. The van der Waals surface area contributed by atoms with Gasteiger partial charge >= 0.3 is 5.97 Å². The molecule has 0 saturated heterocycles. The van der Waals surface area contributed by atoms with Gasteiger partial charge in [-0.05, 0) is 30.7 Å². The molecule has 1 N–H and O–H groups in total. The van der Waals surface area contributed by atoms with Gasteiger partial charge in [-0.25, -0.2) is 0 Å². The highest BCUT2D eigenvalue weighted by Crippen LogP contribution is 2.15. The predicted octanol–water partition coefficient (Wildman–Crippen LogP) is 4.87. The summed E-state index contributed by atoms with van der Waals surface area (Å²) in [5.41, 5.74) is 0.729. The summed E-state index contributed by atoms with van der Waals surface area (Å²) in [4.78, 5) is 22.8. The van der Waals surface area contributed by atoms with Crippen LogP contribution in [0.1, 0.15) is 65.2 Å². The van der Waals surface area contributed by atoms with Crippen molar-refractivity contribution in [3.63, 3.8) is 0 Å². The molecule has 0 aliphatic carbocycles. The topological polar surface area (TPSA) is 157 Å². The molecule has 0 aromatic heterocycles. The van der Waals surface area contributed by atoms with Gasteiger partial charge in [0.25, 0.3) is 0 Å². The van der Waals surface area contributed by atoms with Crippen molar-refractivity contribution >= 4 is 17.6 Å². The third kappa shape index (κ3) is 38.2. The van der Waals surface area contributed by atoms with Crippen LogP contribution in [0.25, 0.3) is 0 Å². The zero-order valence-electron chi connectivity index (χ0n) is 33.7. The number of rotatable bonds is 43. The van der Waals surface area contributed by atoms with Gasteiger partial charge in [-0.15, -0.1) is 0 Å². The molecule has 1 aromatic carbocycles. The Balaban J connectivity index is 1.66. The van der Waals surface area contributed by atoms with E-state index in [1.807, 2.05) is 0 Å². The number of amides is 1. The van der Waals surface area contributed by atoms with Crippen LogP contribution in [0.5, 0.6) is 5.75 Å². The second-order valence-electron chi connectivity index (χ2n) is 12.3. The molecular weight excluding hydrogens is 718 g/mol. The second-order valence-corrected chi connectivity index (χ2v) is 12.3. The quantitative estimate of drug-likeness (QED) is 0.0706. The molecule has 0 spiro atoms. The summed E-state index contributed by atoms with van der Waals surface area (Å²) >= 11 is 0. The molecule has 1 aromatic rings. The lowest BCUT2D eigenvalue weighted by Gasteiger charge is -2.09. The minimum Gasteiger partial charge on any atom is -0.491 e. The van der Waals surface area contributed by atoms with E-state index in [0.717, 1.165) is 18.5 Å². The van der Waals surface area contributed by atoms with Crippen molar-refractivity contribution in [1.82, 2.24) is 0 Å². The van der Waals surface area contributed by atoms with Crippen molar-refractivity contribution in [1.29, 1.82) is 0 Å². The number of esters is 1. The van der Waals surface area contributed by atoms with Gasteiger partial charge < -0.3 is 62.2 Å². The molecule has 0 heterocycles. The third-order valence-electron chi connectivity index (χ3n) is 7.49. The van der Waals surface area contributed by atoms with Gasteiger partial charge in [0.2, 0.25) is 5.91 Å². The maximum atomic E-state index is 11.7. The summed E-state index contributed by atoms with van der Waals surface area (Å²) < 4.78 is 65.6. The van der Waals surface area contributed by atoms with Crippen molar-refractivity contribution in [2.75, 3.05) is 151 Å². The highest BCUT2D eigenvalue weighted by Gasteiger charge is 2.03.